The molecule has 0 saturated carbocycles. The zero-order valence-electron chi connectivity index (χ0n) is 9.51. The number of benzene rings is 1. The summed E-state index contributed by atoms with van der Waals surface area (Å²) in [5, 5.41) is 4.04. The highest BCUT2D eigenvalue weighted by Crippen LogP contribution is 2.33. The summed E-state index contributed by atoms with van der Waals surface area (Å²) < 4.78 is 6.78. The van der Waals surface area contributed by atoms with E-state index in [0.717, 1.165) is 29.7 Å². The molecule has 1 aromatic rings. The van der Waals surface area contributed by atoms with E-state index < -0.39 is 0 Å². The Morgan fingerprint density at radius 2 is 2.41 bits per heavy atom. The van der Waals surface area contributed by atoms with Gasteiger partial charge in [0.25, 0.3) is 0 Å². The molecule has 1 heterocycles. The van der Waals surface area contributed by atoms with Gasteiger partial charge in [-0.3, -0.25) is 0 Å². The SMILES string of the molecule is C=C(Cl)CNC1CCCOc2cc(Br)ccc21. The van der Waals surface area contributed by atoms with E-state index in [-0.39, 0.29) is 6.04 Å². The first-order valence-electron chi connectivity index (χ1n) is 5.66. The van der Waals surface area contributed by atoms with E-state index in [1.165, 1.54) is 5.56 Å². The van der Waals surface area contributed by atoms with Crippen molar-refractivity contribution < 1.29 is 4.74 Å². The van der Waals surface area contributed by atoms with Crippen molar-refractivity contribution in [3.05, 3.63) is 39.8 Å². The highest BCUT2D eigenvalue weighted by atomic mass is 79.9. The summed E-state index contributed by atoms with van der Waals surface area (Å²) in [5.41, 5.74) is 1.20. The van der Waals surface area contributed by atoms with Crippen LogP contribution >= 0.6 is 27.5 Å². The minimum atomic E-state index is 0.288. The van der Waals surface area contributed by atoms with E-state index >= 15 is 0 Å². The second kappa shape index (κ2) is 5.89. The van der Waals surface area contributed by atoms with E-state index in [0.29, 0.717) is 11.6 Å². The Kier molecular flexibility index (Phi) is 4.48. The van der Waals surface area contributed by atoms with Crippen LogP contribution in [-0.2, 0) is 0 Å². The second-order valence-electron chi connectivity index (χ2n) is 4.12. The summed E-state index contributed by atoms with van der Waals surface area (Å²) in [6.45, 7) is 5.09. The predicted octanol–water partition coefficient (Wildman–Crippen LogP) is 4.00. The Hall–Kier alpha value is -0.510. The quantitative estimate of drug-likeness (QED) is 0.910. The highest BCUT2D eigenvalue weighted by molar-refractivity contribution is 9.10. The maximum atomic E-state index is 5.79. The van der Waals surface area contributed by atoms with Crippen molar-refractivity contribution in [1.82, 2.24) is 5.32 Å². The zero-order chi connectivity index (χ0) is 12.3. The van der Waals surface area contributed by atoms with Crippen LogP contribution in [0.5, 0.6) is 5.75 Å². The van der Waals surface area contributed by atoms with E-state index in [2.05, 4.69) is 33.9 Å². The molecule has 0 bridgehead atoms. The number of fused-ring (bicyclic) bond motifs is 1. The molecule has 17 heavy (non-hydrogen) atoms. The first-order chi connectivity index (χ1) is 8.16. The van der Waals surface area contributed by atoms with Crippen LogP contribution < -0.4 is 10.1 Å². The van der Waals surface area contributed by atoms with E-state index in [1.807, 2.05) is 12.1 Å². The first-order valence-corrected chi connectivity index (χ1v) is 6.83. The molecule has 1 aromatic carbocycles. The number of ether oxygens (including phenoxy) is 1. The van der Waals surface area contributed by atoms with Gasteiger partial charge in [-0.25, -0.2) is 0 Å². The molecule has 2 nitrogen and oxygen atoms in total. The Labute approximate surface area is 115 Å². The smallest absolute Gasteiger partial charge is 0.125 e. The third kappa shape index (κ3) is 3.47. The van der Waals surface area contributed by atoms with Crippen LogP contribution in [0.4, 0.5) is 0 Å². The minimum absolute atomic E-state index is 0.288. The number of hydrogen-bond acceptors (Lipinski definition) is 2. The third-order valence-electron chi connectivity index (χ3n) is 2.79. The van der Waals surface area contributed by atoms with E-state index in [4.69, 9.17) is 16.3 Å². The molecule has 1 aliphatic heterocycles. The van der Waals surface area contributed by atoms with E-state index in [1.54, 1.807) is 0 Å². The molecule has 0 spiro atoms. The summed E-state index contributed by atoms with van der Waals surface area (Å²) in [6.07, 6.45) is 2.09. The molecule has 1 N–H and O–H groups in total. The lowest BCUT2D eigenvalue weighted by molar-refractivity contribution is 0.315. The summed E-state index contributed by atoms with van der Waals surface area (Å²) in [6, 6.07) is 6.44. The molecule has 0 amide bonds. The molecule has 1 unspecified atom stereocenters. The Morgan fingerprint density at radius 1 is 1.59 bits per heavy atom. The molecular formula is C13H15BrClNO. The van der Waals surface area contributed by atoms with Gasteiger partial charge in [-0.1, -0.05) is 40.2 Å². The van der Waals surface area contributed by atoms with Crippen molar-refractivity contribution in [3.63, 3.8) is 0 Å². The van der Waals surface area contributed by atoms with Crippen LogP contribution in [0.15, 0.2) is 34.3 Å². The Balaban J connectivity index is 2.20. The standard InChI is InChI=1S/C13H15BrClNO/c1-9(15)8-16-12-3-2-6-17-13-7-10(14)4-5-11(12)13/h4-5,7,12,16H,1-3,6,8H2. The predicted molar refractivity (Wildman–Crippen MR) is 74.6 cm³/mol. The van der Waals surface area contributed by atoms with Crippen LogP contribution in [0.25, 0.3) is 0 Å². The lowest BCUT2D eigenvalue weighted by atomic mass is 10.0. The van der Waals surface area contributed by atoms with E-state index in [9.17, 15) is 0 Å². The van der Waals surface area contributed by atoms with Crippen molar-refractivity contribution in [1.29, 1.82) is 0 Å². The van der Waals surface area contributed by atoms with Gasteiger partial charge in [-0.15, -0.1) is 0 Å². The monoisotopic (exact) mass is 315 g/mol. The maximum Gasteiger partial charge on any atom is 0.125 e. The molecule has 0 saturated heterocycles. The fourth-order valence-electron chi connectivity index (χ4n) is 1.99. The molecule has 92 valence electrons. The van der Waals surface area contributed by atoms with Crippen LogP contribution in [0.1, 0.15) is 24.4 Å². The highest BCUT2D eigenvalue weighted by Gasteiger charge is 2.19. The molecule has 4 heteroatoms. The van der Waals surface area contributed by atoms with Gasteiger partial charge in [0.1, 0.15) is 5.75 Å². The van der Waals surface area contributed by atoms with Crippen LogP contribution in [-0.4, -0.2) is 13.2 Å². The minimum Gasteiger partial charge on any atom is -0.493 e. The Morgan fingerprint density at radius 3 is 3.18 bits per heavy atom. The number of halogens is 2. The zero-order valence-corrected chi connectivity index (χ0v) is 11.9. The molecule has 0 radical (unpaired) electrons. The van der Waals surface area contributed by atoms with Gasteiger partial charge < -0.3 is 10.1 Å². The van der Waals surface area contributed by atoms with Crippen molar-refractivity contribution in [3.8, 4) is 5.75 Å². The van der Waals surface area contributed by atoms with Gasteiger partial charge >= 0.3 is 0 Å². The molecule has 0 fully saturated rings. The summed E-state index contributed by atoms with van der Waals surface area (Å²) in [7, 11) is 0. The number of rotatable bonds is 3. The van der Waals surface area contributed by atoms with Crippen LogP contribution in [0, 0.1) is 0 Å². The molecule has 0 aliphatic carbocycles. The lowest BCUT2D eigenvalue weighted by Crippen LogP contribution is -2.22. The maximum absolute atomic E-state index is 5.79. The fraction of sp³-hybridized carbons (Fsp3) is 0.385. The summed E-state index contributed by atoms with van der Waals surface area (Å²) >= 11 is 9.26. The van der Waals surface area contributed by atoms with Gasteiger partial charge in [0.05, 0.1) is 6.61 Å². The van der Waals surface area contributed by atoms with Crippen molar-refractivity contribution in [2.24, 2.45) is 0 Å². The van der Waals surface area contributed by atoms with Crippen molar-refractivity contribution >= 4 is 27.5 Å². The first kappa shape index (κ1) is 12.9. The van der Waals surface area contributed by atoms with Crippen molar-refractivity contribution in [2.45, 2.75) is 18.9 Å². The molecule has 1 aliphatic rings. The van der Waals surface area contributed by atoms with Gasteiger partial charge in [0.2, 0.25) is 0 Å². The second-order valence-corrected chi connectivity index (χ2v) is 5.57. The Bertz CT molecular complexity index is 422. The lowest BCUT2D eigenvalue weighted by Gasteiger charge is -2.18. The summed E-state index contributed by atoms with van der Waals surface area (Å²) in [4.78, 5) is 0. The normalized spacial score (nSPS) is 19.1. The third-order valence-corrected chi connectivity index (χ3v) is 3.41. The van der Waals surface area contributed by atoms with Crippen LogP contribution in [0.3, 0.4) is 0 Å². The van der Waals surface area contributed by atoms with Crippen LogP contribution in [0.2, 0.25) is 0 Å². The topological polar surface area (TPSA) is 21.3 Å². The molecular weight excluding hydrogens is 302 g/mol. The number of hydrogen-bond donors (Lipinski definition) is 1. The van der Waals surface area contributed by atoms with Gasteiger partial charge in [-0.05, 0) is 25.0 Å². The van der Waals surface area contributed by atoms with Crippen molar-refractivity contribution in [2.75, 3.05) is 13.2 Å². The van der Waals surface area contributed by atoms with Gasteiger partial charge in [0, 0.05) is 27.7 Å². The molecule has 0 aromatic heterocycles. The van der Waals surface area contributed by atoms with Gasteiger partial charge in [0.15, 0.2) is 0 Å². The number of nitrogens with one attached hydrogen (secondary N) is 1. The fourth-order valence-corrected chi connectivity index (χ4v) is 2.41. The largest absolute Gasteiger partial charge is 0.493 e. The van der Waals surface area contributed by atoms with Gasteiger partial charge in [-0.2, -0.15) is 0 Å². The molecule has 1 atom stereocenters. The summed E-state index contributed by atoms with van der Waals surface area (Å²) in [5.74, 6) is 0.953. The average Bonchev–Trinajstić information content (AvgIpc) is 2.48. The average molecular weight is 317 g/mol. The molecule has 2 rings (SSSR count).